The zero-order valence-corrected chi connectivity index (χ0v) is 18.3. The van der Waals surface area contributed by atoms with Crippen molar-refractivity contribution >= 4 is 39.4 Å². The molecule has 2 aromatic heterocycles. The third-order valence-corrected chi connectivity index (χ3v) is 5.11. The largest absolute Gasteiger partial charge is 0.488 e. The van der Waals surface area contributed by atoms with Gasteiger partial charge in [0.1, 0.15) is 12.4 Å². The number of aromatic amines is 1. The van der Waals surface area contributed by atoms with Crippen LogP contribution in [0, 0.1) is 0 Å². The summed E-state index contributed by atoms with van der Waals surface area (Å²) in [4.78, 5) is 20.4. The highest BCUT2D eigenvalue weighted by molar-refractivity contribution is 6.30. The van der Waals surface area contributed by atoms with Crippen LogP contribution in [0.5, 0.6) is 5.75 Å². The molecule has 0 spiro atoms. The Morgan fingerprint density at radius 1 is 1.06 bits per heavy atom. The second kappa shape index (κ2) is 8.96. The van der Waals surface area contributed by atoms with Gasteiger partial charge in [-0.15, -0.1) is 0 Å². The van der Waals surface area contributed by atoms with Gasteiger partial charge in [-0.05, 0) is 43.7 Å². The molecule has 0 amide bonds. The zero-order valence-electron chi connectivity index (χ0n) is 17.6. The molecule has 6 nitrogen and oxygen atoms in total. The summed E-state index contributed by atoms with van der Waals surface area (Å²) in [6, 6.07) is 13.3. The number of hydrogen-bond donors (Lipinski definition) is 1. The molecule has 0 saturated heterocycles. The molecule has 0 radical (unpaired) electrons. The molecule has 7 heteroatoms. The first-order valence-corrected chi connectivity index (χ1v) is 10.3. The number of ether oxygens (including phenoxy) is 3. The number of H-pyrrole nitrogens is 1. The van der Waals surface area contributed by atoms with Gasteiger partial charge in [0.25, 0.3) is 0 Å². The molecule has 160 valence electrons. The molecule has 0 aliphatic rings. The number of esters is 1. The number of nitrogens with one attached hydrogen (secondary N) is 1. The Morgan fingerprint density at radius 3 is 2.55 bits per heavy atom. The van der Waals surface area contributed by atoms with Crippen LogP contribution in [0.4, 0.5) is 0 Å². The van der Waals surface area contributed by atoms with Gasteiger partial charge in [0, 0.05) is 28.5 Å². The van der Waals surface area contributed by atoms with E-state index in [9.17, 15) is 4.79 Å². The van der Waals surface area contributed by atoms with Crippen molar-refractivity contribution in [3.8, 4) is 5.75 Å². The quantitative estimate of drug-likeness (QED) is 0.377. The molecule has 31 heavy (non-hydrogen) atoms. The zero-order chi connectivity index (χ0) is 22.0. The van der Waals surface area contributed by atoms with Crippen LogP contribution in [0.15, 0.2) is 48.7 Å². The molecule has 1 N–H and O–H groups in total. The third-order valence-electron chi connectivity index (χ3n) is 4.86. The molecule has 0 unspecified atom stereocenters. The van der Waals surface area contributed by atoms with E-state index >= 15 is 0 Å². The van der Waals surface area contributed by atoms with Crippen LogP contribution < -0.4 is 4.74 Å². The first kappa shape index (κ1) is 21.2. The summed E-state index contributed by atoms with van der Waals surface area (Å²) in [5.41, 5.74) is 3.60. The Bertz CT molecular complexity index is 1230. The molecule has 2 aromatic carbocycles. The smallest absolute Gasteiger partial charge is 0.357 e. The number of rotatable bonds is 7. The van der Waals surface area contributed by atoms with Gasteiger partial charge in [-0.2, -0.15) is 0 Å². The predicted octanol–water partition coefficient (Wildman–Crippen LogP) is 5.66. The fourth-order valence-corrected chi connectivity index (χ4v) is 3.69. The second-order valence-electron chi connectivity index (χ2n) is 7.48. The van der Waals surface area contributed by atoms with Crippen LogP contribution >= 0.6 is 11.6 Å². The normalized spacial score (nSPS) is 11.4. The van der Waals surface area contributed by atoms with Crippen molar-refractivity contribution in [3.05, 3.63) is 70.5 Å². The number of aromatic nitrogens is 2. The minimum atomic E-state index is -0.474. The SMILES string of the molecule is COCc1c(C(=O)OC(C)C)ncc2[nH]c3cccc(OCc4ccc(Cl)cc4)c3c12. The molecule has 0 fully saturated rings. The van der Waals surface area contributed by atoms with Crippen LogP contribution in [-0.2, 0) is 22.7 Å². The summed E-state index contributed by atoms with van der Waals surface area (Å²) < 4.78 is 17.0. The number of carbonyl (C=O) groups excluding carboxylic acids is 1. The van der Waals surface area contributed by atoms with E-state index < -0.39 is 5.97 Å². The maximum absolute atomic E-state index is 12.7. The highest BCUT2D eigenvalue weighted by Gasteiger charge is 2.22. The maximum atomic E-state index is 12.7. The Morgan fingerprint density at radius 2 is 1.84 bits per heavy atom. The number of methoxy groups -OCH3 is 1. The molecule has 0 aliphatic carbocycles. The summed E-state index contributed by atoms with van der Waals surface area (Å²) in [5.74, 6) is 0.225. The number of carbonyl (C=O) groups is 1. The van der Waals surface area contributed by atoms with Gasteiger partial charge in [0.15, 0.2) is 5.69 Å². The van der Waals surface area contributed by atoms with Gasteiger partial charge in [0.05, 0.1) is 29.9 Å². The number of halogens is 1. The molecule has 4 rings (SSSR count). The van der Waals surface area contributed by atoms with Crippen LogP contribution in [0.2, 0.25) is 5.02 Å². The summed E-state index contributed by atoms with van der Waals surface area (Å²) in [5, 5.41) is 2.40. The van der Waals surface area contributed by atoms with Crippen molar-refractivity contribution in [1.82, 2.24) is 9.97 Å². The predicted molar refractivity (Wildman–Crippen MR) is 121 cm³/mol. The Hall–Kier alpha value is -3.09. The topological polar surface area (TPSA) is 73.4 Å². The van der Waals surface area contributed by atoms with Crippen molar-refractivity contribution in [2.75, 3.05) is 7.11 Å². The van der Waals surface area contributed by atoms with E-state index in [1.807, 2.05) is 42.5 Å². The van der Waals surface area contributed by atoms with E-state index in [1.54, 1.807) is 27.2 Å². The summed E-state index contributed by atoms with van der Waals surface area (Å²) >= 11 is 5.98. The summed E-state index contributed by atoms with van der Waals surface area (Å²) in [6.45, 7) is 4.21. The molecular weight excluding hydrogens is 416 g/mol. The van der Waals surface area contributed by atoms with Crippen LogP contribution in [-0.4, -0.2) is 29.2 Å². The molecular formula is C24H23ClN2O4. The van der Waals surface area contributed by atoms with Crippen LogP contribution in [0.1, 0.15) is 35.5 Å². The Balaban J connectivity index is 1.83. The van der Waals surface area contributed by atoms with E-state index in [1.165, 1.54) is 0 Å². The van der Waals surface area contributed by atoms with E-state index in [4.69, 9.17) is 25.8 Å². The molecule has 0 atom stereocenters. The maximum Gasteiger partial charge on any atom is 0.357 e. The van der Waals surface area contributed by atoms with Crippen molar-refractivity contribution in [2.45, 2.75) is 33.2 Å². The molecule has 2 heterocycles. The lowest BCUT2D eigenvalue weighted by molar-refractivity contribution is 0.0366. The Labute approximate surface area is 185 Å². The summed E-state index contributed by atoms with van der Waals surface area (Å²) in [6.07, 6.45) is 1.40. The van der Waals surface area contributed by atoms with Gasteiger partial charge in [0.2, 0.25) is 0 Å². The number of hydrogen-bond acceptors (Lipinski definition) is 5. The fraction of sp³-hybridized carbons (Fsp3) is 0.250. The first-order chi connectivity index (χ1) is 15.0. The lowest BCUT2D eigenvalue weighted by atomic mass is 10.0. The minimum absolute atomic E-state index is 0.214. The van der Waals surface area contributed by atoms with E-state index in [2.05, 4.69) is 9.97 Å². The van der Waals surface area contributed by atoms with Crippen LogP contribution in [0.25, 0.3) is 21.8 Å². The van der Waals surface area contributed by atoms with E-state index in [0.29, 0.717) is 22.9 Å². The lowest BCUT2D eigenvalue weighted by Gasteiger charge is -2.13. The number of nitrogens with zero attached hydrogens (tertiary/aromatic N) is 1. The van der Waals surface area contributed by atoms with Gasteiger partial charge >= 0.3 is 5.97 Å². The van der Waals surface area contributed by atoms with Gasteiger partial charge in [-0.1, -0.05) is 29.8 Å². The van der Waals surface area contributed by atoms with Gasteiger partial charge in [-0.25, -0.2) is 9.78 Å². The summed E-state index contributed by atoms with van der Waals surface area (Å²) in [7, 11) is 1.59. The number of fused-ring (bicyclic) bond motifs is 3. The average molecular weight is 439 g/mol. The van der Waals surface area contributed by atoms with Crippen LogP contribution in [0.3, 0.4) is 0 Å². The average Bonchev–Trinajstić information content (AvgIpc) is 3.13. The van der Waals surface area contributed by atoms with Crippen molar-refractivity contribution in [1.29, 1.82) is 0 Å². The molecule has 0 saturated carbocycles. The van der Waals surface area contributed by atoms with E-state index in [0.717, 1.165) is 27.4 Å². The monoisotopic (exact) mass is 438 g/mol. The molecule has 4 aromatic rings. The molecule has 0 aliphatic heterocycles. The van der Waals surface area contributed by atoms with Crippen molar-refractivity contribution in [2.24, 2.45) is 0 Å². The van der Waals surface area contributed by atoms with Crippen molar-refractivity contribution < 1.29 is 19.0 Å². The second-order valence-corrected chi connectivity index (χ2v) is 7.92. The fourth-order valence-electron chi connectivity index (χ4n) is 3.56. The minimum Gasteiger partial charge on any atom is -0.488 e. The first-order valence-electron chi connectivity index (χ1n) is 9.97. The Kier molecular flexibility index (Phi) is 6.11. The van der Waals surface area contributed by atoms with Gasteiger partial charge in [-0.3, -0.25) is 0 Å². The van der Waals surface area contributed by atoms with Crippen molar-refractivity contribution in [3.63, 3.8) is 0 Å². The lowest BCUT2D eigenvalue weighted by Crippen LogP contribution is -2.15. The highest BCUT2D eigenvalue weighted by Crippen LogP contribution is 2.36. The standard InChI is InChI=1S/C24H23ClN2O4/c1-14(2)31-24(28)23-17(13-29-3)21-19(11-26-23)27-18-5-4-6-20(22(18)21)30-12-15-7-9-16(25)10-8-15/h4-11,14,27H,12-13H2,1-3H3. The number of benzene rings is 2. The highest BCUT2D eigenvalue weighted by atomic mass is 35.5. The molecule has 0 bridgehead atoms. The third kappa shape index (κ3) is 4.36. The number of pyridine rings is 1. The van der Waals surface area contributed by atoms with E-state index in [-0.39, 0.29) is 18.4 Å². The van der Waals surface area contributed by atoms with Gasteiger partial charge < -0.3 is 19.2 Å².